The van der Waals surface area contributed by atoms with Crippen LogP contribution in [0.3, 0.4) is 0 Å². The highest BCUT2D eigenvalue weighted by molar-refractivity contribution is 7.12. The van der Waals surface area contributed by atoms with Crippen LogP contribution in [0.15, 0.2) is 29.6 Å². The lowest BCUT2D eigenvalue weighted by Gasteiger charge is -2.35. The number of ether oxygens (including phenoxy) is 2. The summed E-state index contributed by atoms with van der Waals surface area (Å²) in [5, 5.41) is 0.141. The SMILES string of the molecule is Cc1cc(-c2cn(COCC[Si](C)(C)C)c(=Nc3cnc(CO[Si](C)(C)C(C)(C)C)cn3)s2)nc(OC2CCCCC2)n1. The molecular weight excluding hydrogens is 593 g/mol. The molecule has 1 aliphatic carbocycles. The smallest absolute Gasteiger partial charge is 0.317 e. The van der Waals surface area contributed by atoms with Crippen LogP contribution in [0, 0.1) is 6.92 Å². The van der Waals surface area contributed by atoms with Crippen LogP contribution < -0.4 is 9.54 Å². The van der Waals surface area contributed by atoms with Crippen molar-refractivity contribution in [2.75, 3.05) is 6.61 Å². The molecule has 1 fully saturated rings. The predicted molar refractivity (Wildman–Crippen MR) is 179 cm³/mol. The minimum atomic E-state index is -1.87. The lowest BCUT2D eigenvalue weighted by molar-refractivity contribution is 0.0855. The molecule has 0 aliphatic heterocycles. The third-order valence-corrected chi connectivity index (χ3v) is 15.4. The molecule has 0 bridgehead atoms. The van der Waals surface area contributed by atoms with Crippen molar-refractivity contribution in [1.29, 1.82) is 0 Å². The Hall–Kier alpha value is -2.26. The third-order valence-electron chi connectivity index (χ3n) is 8.15. The van der Waals surface area contributed by atoms with Crippen molar-refractivity contribution in [1.82, 2.24) is 24.5 Å². The van der Waals surface area contributed by atoms with Gasteiger partial charge in [0.25, 0.3) is 0 Å². The summed E-state index contributed by atoms with van der Waals surface area (Å²) in [6, 6.07) is 3.55. The fourth-order valence-corrected chi connectivity index (χ4v) is 6.97. The molecule has 43 heavy (non-hydrogen) atoms. The molecule has 0 radical (unpaired) electrons. The van der Waals surface area contributed by atoms with E-state index < -0.39 is 16.4 Å². The normalized spacial score (nSPS) is 15.7. The molecule has 0 atom stereocenters. The van der Waals surface area contributed by atoms with Crippen LogP contribution in [-0.4, -0.2) is 53.6 Å². The molecule has 12 heteroatoms. The van der Waals surface area contributed by atoms with Gasteiger partial charge in [-0.1, -0.05) is 58.2 Å². The molecule has 1 aliphatic rings. The molecule has 0 spiro atoms. The topological polar surface area (TPSA) is 96.5 Å². The first-order valence-electron chi connectivity index (χ1n) is 15.5. The van der Waals surface area contributed by atoms with Gasteiger partial charge in [0.15, 0.2) is 18.9 Å². The molecular formula is C31H50N6O3SSi2. The van der Waals surface area contributed by atoms with Crippen molar-refractivity contribution in [3.63, 3.8) is 0 Å². The summed E-state index contributed by atoms with van der Waals surface area (Å²) in [5.74, 6) is 0.542. The van der Waals surface area contributed by atoms with Gasteiger partial charge in [-0.2, -0.15) is 9.98 Å². The largest absolute Gasteiger partial charge is 0.460 e. The van der Waals surface area contributed by atoms with E-state index in [0.717, 1.165) is 52.3 Å². The number of hydrogen-bond acceptors (Lipinski definition) is 9. The summed E-state index contributed by atoms with van der Waals surface area (Å²) in [7, 11) is -3.07. The maximum Gasteiger partial charge on any atom is 0.317 e. The fraction of sp³-hybridized carbons (Fsp3) is 0.645. The third kappa shape index (κ3) is 10.1. The van der Waals surface area contributed by atoms with Gasteiger partial charge >= 0.3 is 6.01 Å². The van der Waals surface area contributed by atoms with Crippen LogP contribution >= 0.6 is 11.3 Å². The first-order valence-corrected chi connectivity index (χ1v) is 22.9. The zero-order chi connectivity index (χ0) is 31.3. The van der Waals surface area contributed by atoms with E-state index in [9.17, 15) is 0 Å². The summed E-state index contributed by atoms with van der Waals surface area (Å²) < 4.78 is 20.7. The molecule has 0 N–H and O–H groups in total. The van der Waals surface area contributed by atoms with Gasteiger partial charge in [0.05, 0.1) is 35.3 Å². The van der Waals surface area contributed by atoms with Gasteiger partial charge in [-0.25, -0.2) is 9.97 Å². The Labute approximate surface area is 263 Å². The number of aromatic nitrogens is 5. The van der Waals surface area contributed by atoms with Crippen molar-refractivity contribution < 1.29 is 13.9 Å². The standard InChI is InChI=1S/C31H50N6O3SSi2/c1-23-17-26(35-29(34-23)40-25-13-11-10-12-14-25)27-20-37(22-38-15-16-42(5,6)7)30(41-27)36-28-19-32-24(18-33-28)21-39-43(8,9)31(2,3)4/h17-20,25H,10-16,21-22H2,1-9H3. The highest BCUT2D eigenvalue weighted by Crippen LogP contribution is 2.37. The molecule has 0 aromatic carbocycles. The second-order valence-corrected chi connectivity index (χ2v) is 25.7. The number of thiazole rings is 1. The van der Waals surface area contributed by atoms with Gasteiger partial charge in [-0.15, -0.1) is 0 Å². The van der Waals surface area contributed by atoms with Crippen molar-refractivity contribution in [3.8, 4) is 16.6 Å². The van der Waals surface area contributed by atoms with E-state index in [1.165, 1.54) is 19.3 Å². The average molecular weight is 643 g/mol. The van der Waals surface area contributed by atoms with Gasteiger partial charge in [-0.3, -0.25) is 9.55 Å². The van der Waals surface area contributed by atoms with Crippen LogP contribution in [0.25, 0.3) is 10.6 Å². The number of nitrogens with zero attached hydrogens (tertiary/aromatic N) is 6. The Morgan fingerprint density at radius 1 is 1.02 bits per heavy atom. The summed E-state index contributed by atoms with van der Waals surface area (Å²) in [6.07, 6.45) is 11.5. The van der Waals surface area contributed by atoms with Gasteiger partial charge in [0.2, 0.25) is 0 Å². The molecule has 0 unspecified atom stereocenters. The van der Waals surface area contributed by atoms with Crippen LogP contribution in [0.2, 0.25) is 43.8 Å². The Morgan fingerprint density at radius 3 is 2.42 bits per heavy atom. The Morgan fingerprint density at radius 2 is 1.77 bits per heavy atom. The summed E-state index contributed by atoms with van der Waals surface area (Å²) in [6.45, 7) is 21.8. The van der Waals surface area contributed by atoms with E-state index in [2.05, 4.69) is 74.7 Å². The summed E-state index contributed by atoms with van der Waals surface area (Å²) in [4.78, 5) is 25.2. The first-order chi connectivity index (χ1) is 20.2. The molecule has 3 heterocycles. The Kier molecular flexibility index (Phi) is 11.1. The first kappa shape index (κ1) is 33.6. The Bertz CT molecular complexity index is 1400. The molecule has 9 nitrogen and oxygen atoms in total. The number of aryl methyl sites for hydroxylation is 1. The summed E-state index contributed by atoms with van der Waals surface area (Å²) in [5.41, 5.74) is 2.51. The molecule has 1 saturated carbocycles. The molecule has 4 rings (SSSR count). The van der Waals surface area contributed by atoms with E-state index >= 15 is 0 Å². The van der Waals surface area contributed by atoms with E-state index in [1.54, 1.807) is 23.7 Å². The fourth-order valence-electron chi connectivity index (χ4n) is 4.32. The van der Waals surface area contributed by atoms with Crippen LogP contribution in [0.5, 0.6) is 6.01 Å². The molecule has 3 aromatic rings. The van der Waals surface area contributed by atoms with Crippen molar-refractivity contribution in [3.05, 3.63) is 40.8 Å². The second kappa shape index (κ2) is 14.2. The van der Waals surface area contributed by atoms with Gasteiger partial charge in [0.1, 0.15) is 12.8 Å². The summed E-state index contributed by atoms with van der Waals surface area (Å²) >= 11 is 1.55. The minimum Gasteiger partial charge on any atom is -0.460 e. The molecule has 0 saturated heterocycles. The van der Waals surface area contributed by atoms with Gasteiger partial charge < -0.3 is 13.9 Å². The highest BCUT2D eigenvalue weighted by atomic mass is 32.1. The number of rotatable bonds is 12. The average Bonchev–Trinajstić information content (AvgIpc) is 3.32. The Balaban J connectivity index is 1.58. The number of hydrogen-bond donors (Lipinski definition) is 0. The minimum absolute atomic E-state index is 0.141. The van der Waals surface area contributed by atoms with Crippen molar-refractivity contribution in [2.24, 2.45) is 4.99 Å². The van der Waals surface area contributed by atoms with E-state index in [4.69, 9.17) is 23.9 Å². The monoisotopic (exact) mass is 642 g/mol. The highest BCUT2D eigenvalue weighted by Gasteiger charge is 2.37. The van der Waals surface area contributed by atoms with E-state index in [-0.39, 0.29) is 11.1 Å². The maximum absolute atomic E-state index is 6.32. The van der Waals surface area contributed by atoms with Crippen LogP contribution in [0.1, 0.15) is 64.3 Å². The molecule has 3 aromatic heterocycles. The quantitative estimate of drug-likeness (QED) is 0.146. The van der Waals surface area contributed by atoms with E-state index in [1.807, 2.05) is 17.6 Å². The van der Waals surface area contributed by atoms with Crippen LogP contribution in [-0.2, 0) is 22.5 Å². The lowest BCUT2D eigenvalue weighted by atomic mass is 9.98. The van der Waals surface area contributed by atoms with Crippen molar-refractivity contribution >= 4 is 33.5 Å². The molecule has 236 valence electrons. The maximum atomic E-state index is 6.32. The predicted octanol–water partition coefficient (Wildman–Crippen LogP) is 7.88. The zero-order valence-corrected chi connectivity index (χ0v) is 30.4. The van der Waals surface area contributed by atoms with Gasteiger partial charge in [-0.05, 0) is 62.8 Å². The van der Waals surface area contributed by atoms with E-state index in [0.29, 0.717) is 25.2 Å². The lowest BCUT2D eigenvalue weighted by Crippen LogP contribution is -2.40. The zero-order valence-electron chi connectivity index (χ0n) is 27.6. The molecule has 0 amide bonds. The second-order valence-electron chi connectivity index (χ2n) is 14.3. The van der Waals surface area contributed by atoms with Crippen LogP contribution in [0.4, 0.5) is 5.82 Å². The van der Waals surface area contributed by atoms with Crippen molar-refractivity contribution in [2.45, 2.75) is 123 Å². The van der Waals surface area contributed by atoms with Gasteiger partial charge in [0, 0.05) is 26.6 Å².